The lowest BCUT2D eigenvalue weighted by molar-refractivity contribution is -0.163. The van der Waals surface area contributed by atoms with E-state index in [1.807, 2.05) is 132 Å². The second kappa shape index (κ2) is 19.0. The number of likely N-dealkylation sites (tertiary alicyclic amines) is 2. The molecular formula is C46H67N5O8. The van der Waals surface area contributed by atoms with Gasteiger partial charge in [0.2, 0.25) is 0 Å². The van der Waals surface area contributed by atoms with Gasteiger partial charge in [-0.05, 0) is 150 Å². The molecule has 2 saturated heterocycles. The maximum atomic E-state index is 13.7. The average Bonchev–Trinajstić information content (AvgIpc) is 3.79. The third kappa shape index (κ3) is 15.0. The molecule has 13 heteroatoms. The van der Waals surface area contributed by atoms with Crippen molar-refractivity contribution in [2.75, 3.05) is 31.5 Å². The van der Waals surface area contributed by atoms with Gasteiger partial charge in [0.25, 0.3) is 0 Å². The number of carbonyl (C=O) groups is 4. The van der Waals surface area contributed by atoms with Gasteiger partial charge >= 0.3 is 24.1 Å². The maximum absolute atomic E-state index is 13.7. The average molecular weight is 818 g/mol. The van der Waals surface area contributed by atoms with E-state index in [1.54, 1.807) is 16.0 Å². The smallest absolute Gasteiger partial charge is 0.410 e. The first-order valence-corrected chi connectivity index (χ1v) is 20.7. The Balaban J connectivity index is 1.51. The van der Waals surface area contributed by atoms with Crippen molar-refractivity contribution in [3.8, 4) is 0 Å². The Kier molecular flexibility index (Phi) is 15.0. The molecule has 4 rings (SSSR count). The number of carbonyl (C=O) groups excluding carboxylic acids is 4. The van der Waals surface area contributed by atoms with Gasteiger partial charge in [-0.1, -0.05) is 30.3 Å². The third-order valence-electron chi connectivity index (χ3n) is 9.87. The SMILES string of the molecule is CC(C)(C)OC(=O)[C@@H](Cc1cccc(N/C=C(\N=N)c2cccc(C[C@H](C(=O)OC(C)(C)C)[C@H]3CCN(C(=O)OC(C)(C)C)C3)c2)c1)[C@H]1CCN(C(=O)OC(C)(C)C)C1. The van der Waals surface area contributed by atoms with Crippen molar-refractivity contribution in [2.24, 2.45) is 28.8 Å². The fourth-order valence-electron chi connectivity index (χ4n) is 7.34. The van der Waals surface area contributed by atoms with Crippen LogP contribution in [0.5, 0.6) is 0 Å². The number of hydrogen-bond donors (Lipinski definition) is 2. The number of amides is 2. The summed E-state index contributed by atoms with van der Waals surface area (Å²) >= 11 is 0. The van der Waals surface area contributed by atoms with E-state index in [1.165, 1.54) is 0 Å². The van der Waals surface area contributed by atoms with E-state index in [-0.39, 0.29) is 29.9 Å². The predicted octanol–water partition coefficient (Wildman–Crippen LogP) is 9.64. The quantitative estimate of drug-likeness (QED) is 0.121. The molecule has 324 valence electrons. The van der Waals surface area contributed by atoms with Crippen LogP contribution in [0.2, 0.25) is 0 Å². The highest BCUT2D eigenvalue weighted by molar-refractivity contribution is 5.76. The minimum absolute atomic E-state index is 0.109. The molecule has 2 N–H and O–H groups in total. The zero-order valence-electron chi connectivity index (χ0n) is 37.3. The van der Waals surface area contributed by atoms with E-state index in [4.69, 9.17) is 24.5 Å². The number of ether oxygens (including phenoxy) is 4. The van der Waals surface area contributed by atoms with Crippen LogP contribution in [0.4, 0.5) is 15.3 Å². The molecule has 59 heavy (non-hydrogen) atoms. The van der Waals surface area contributed by atoms with Crippen LogP contribution in [0.3, 0.4) is 0 Å². The van der Waals surface area contributed by atoms with E-state index in [0.717, 1.165) is 16.8 Å². The number of rotatable bonds is 12. The van der Waals surface area contributed by atoms with Gasteiger partial charge in [-0.15, -0.1) is 0 Å². The Labute approximate surface area is 351 Å². The Hall–Kier alpha value is -4.94. The molecule has 2 aromatic carbocycles. The first kappa shape index (κ1) is 46.7. The number of nitrogens with zero attached hydrogens (tertiary/aromatic N) is 3. The molecule has 2 fully saturated rings. The molecule has 0 radical (unpaired) electrons. The van der Waals surface area contributed by atoms with Crippen LogP contribution in [0, 0.1) is 29.2 Å². The zero-order chi connectivity index (χ0) is 43.9. The van der Waals surface area contributed by atoms with E-state index in [9.17, 15) is 19.2 Å². The Morgan fingerprint density at radius 2 is 1.10 bits per heavy atom. The summed E-state index contributed by atoms with van der Waals surface area (Å²) in [5.74, 6) is -1.84. The van der Waals surface area contributed by atoms with Crippen molar-refractivity contribution in [1.29, 1.82) is 5.53 Å². The van der Waals surface area contributed by atoms with Gasteiger partial charge in [0, 0.05) is 43.6 Å². The summed E-state index contributed by atoms with van der Waals surface area (Å²) in [5, 5.41) is 7.12. The fraction of sp³-hybridized carbons (Fsp3) is 0.609. The van der Waals surface area contributed by atoms with Crippen LogP contribution in [0.25, 0.3) is 5.70 Å². The highest BCUT2D eigenvalue weighted by atomic mass is 16.6. The number of nitrogens with one attached hydrogen (secondary N) is 2. The van der Waals surface area contributed by atoms with Crippen molar-refractivity contribution >= 4 is 35.5 Å². The van der Waals surface area contributed by atoms with Gasteiger partial charge in [0.1, 0.15) is 28.1 Å². The second-order valence-electron chi connectivity index (χ2n) is 19.8. The summed E-state index contributed by atoms with van der Waals surface area (Å²) in [6, 6.07) is 15.3. The molecule has 0 aliphatic carbocycles. The first-order valence-electron chi connectivity index (χ1n) is 20.7. The van der Waals surface area contributed by atoms with Crippen LogP contribution in [0.15, 0.2) is 59.8 Å². The molecule has 2 aliphatic heterocycles. The van der Waals surface area contributed by atoms with Crippen LogP contribution in [-0.2, 0) is 41.4 Å². The van der Waals surface area contributed by atoms with Gasteiger partial charge < -0.3 is 34.1 Å². The van der Waals surface area contributed by atoms with Crippen LogP contribution in [0.1, 0.15) is 113 Å². The number of hydrogen-bond acceptors (Lipinski definition) is 11. The molecule has 2 aromatic rings. The standard InChI is InChI=1S/C46H67N5O8/c1-43(2,3)56-39(52)36(33-19-21-50(28-33)41(54)58-45(7,8)9)25-30-15-13-17-32(23-30)38(49-47)27-48-35-18-14-16-31(24-35)26-37(40(53)57-44(4,5)6)34-20-22-51(29-34)42(55)59-46(10,11)12/h13-18,23-24,27,33-34,36-37,47-48H,19-22,25-26,28-29H2,1-12H3/b38-27-,49-47?/t33-,34-,36-,37-/m0/s1. The molecule has 2 heterocycles. The van der Waals surface area contributed by atoms with Crippen molar-refractivity contribution in [3.05, 3.63) is 71.4 Å². The topological polar surface area (TPSA) is 160 Å². The summed E-state index contributed by atoms with van der Waals surface area (Å²) in [7, 11) is 0. The lowest BCUT2D eigenvalue weighted by atomic mass is 9.85. The molecule has 4 atom stereocenters. The van der Waals surface area contributed by atoms with E-state index in [2.05, 4.69) is 10.4 Å². The fourth-order valence-corrected chi connectivity index (χ4v) is 7.34. The number of anilines is 1. The maximum Gasteiger partial charge on any atom is 0.410 e. The summed E-state index contributed by atoms with van der Waals surface area (Å²) in [6.45, 7) is 23.9. The van der Waals surface area contributed by atoms with Crippen LogP contribution >= 0.6 is 0 Å². The third-order valence-corrected chi connectivity index (χ3v) is 9.87. The van der Waals surface area contributed by atoms with Crippen molar-refractivity contribution < 1.29 is 38.1 Å². The molecule has 0 spiro atoms. The molecule has 2 aliphatic rings. The molecular weight excluding hydrogens is 751 g/mol. The predicted molar refractivity (Wildman–Crippen MR) is 228 cm³/mol. The van der Waals surface area contributed by atoms with Crippen LogP contribution in [-0.4, -0.2) is 82.5 Å². The van der Waals surface area contributed by atoms with Crippen molar-refractivity contribution in [1.82, 2.24) is 9.80 Å². The molecule has 0 aromatic heterocycles. The highest BCUT2D eigenvalue weighted by Crippen LogP contribution is 2.33. The molecule has 0 unspecified atom stereocenters. The molecule has 0 bridgehead atoms. The zero-order valence-corrected chi connectivity index (χ0v) is 37.3. The second-order valence-corrected chi connectivity index (χ2v) is 19.8. The Morgan fingerprint density at radius 1 is 0.678 bits per heavy atom. The largest absolute Gasteiger partial charge is 0.460 e. The highest BCUT2D eigenvalue weighted by Gasteiger charge is 2.40. The summed E-state index contributed by atoms with van der Waals surface area (Å²) < 4.78 is 23.0. The summed E-state index contributed by atoms with van der Waals surface area (Å²) in [5.41, 5.74) is 9.04. The number of benzene rings is 2. The minimum Gasteiger partial charge on any atom is -0.460 e. The van der Waals surface area contributed by atoms with Gasteiger partial charge in [-0.25, -0.2) is 15.1 Å². The molecule has 13 nitrogen and oxygen atoms in total. The van der Waals surface area contributed by atoms with Gasteiger partial charge in [0.15, 0.2) is 0 Å². The van der Waals surface area contributed by atoms with Gasteiger partial charge in [-0.2, -0.15) is 5.11 Å². The summed E-state index contributed by atoms with van der Waals surface area (Å²) in [6.07, 6.45) is 2.97. The number of esters is 2. The minimum atomic E-state index is -0.681. The monoisotopic (exact) mass is 817 g/mol. The molecule has 0 saturated carbocycles. The van der Waals surface area contributed by atoms with Gasteiger partial charge in [-0.3, -0.25) is 9.59 Å². The van der Waals surface area contributed by atoms with Crippen molar-refractivity contribution in [3.63, 3.8) is 0 Å². The Bertz CT molecular complexity index is 1850. The molecule has 2 amide bonds. The van der Waals surface area contributed by atoms with E-state index >= 15 is 0 Å². The lowest BCUT2D eigenvalue weighted by Gasteiger charge is -2.28. The first-order chi connectivity index (χ1) is 27.3. The van der Waals surface area contributed by atoms with E-state index < -0.39 is 40.3 Å². The van der Waals surface area contributed by atoms with Crippen LogP contribution < -0.4 is 5.32 Å². The van der Waals surface area contributed by atoms with E-state index in [0.29, 0.717) is 63.1 Å². The van der Waals surface area contributed by atoms with Crippen molar-refractivity contribution in [2.45, 2.75) is 131 Å². The normalized spacial score (nSPS) is 18.8. The summed E-state index contributed by atoms with van der Waals surface area (Å²) in [4.78, 5) is 56.4. The Morgan fingerprint density at radius 3 is 1.53 bits per heavy atom. The van der Waals surface area contributed by atoms with Gasteiger partial charge in [0.05, 0.1) is 11.8 Å². The lowest BCUT2D eigenvalue weighted by Crippen LogP contribution is -2.38.